The van der Waals surface area contributed by atoms with Crippen molar-refractivity contribution in [3.63, 3.8) is 0 Å². The molecule has 23 heavy (non-hydrogen) atoms. The third-order valence-electron chi connectivity index (χ3n) is 4.83. The number of azide groups is 1. The Morgan fingerprint density at radius 2 is 2.13 bits per heavy atom. The van der Waals surface area contributed by atoms with Crippen LogP contribution in [0.15, 0.2) is 17.2 Å². The molecule has 6 heteroatoms. The first-order valence-corrected chi connectivity index (χ1v) is 9.53. The molecule has 1 saturated heterocycles. The van der Waals surface area contributed by atoms with Crippen LogP contribution in [0.3, 0.4) is 0 Å². The molecule has 126 valence electrons. The van der Waals surface area contributed by atoms with Gasteiger partial charge >= 0.3 is 0 Å². The standard InChI is InChI=1S/C17H25N3O2S/c18-20-19-17(10-3-1-4-11-17)15-8-7-14(23-15)9-13-22-16-6-2-5-12-21-16/h7-8,16H,1-6,9-13H2. The van der Waals surface area contributed by atoms with E-state index < -0.39 is 0 Å². The molecule has 3 rings (SSSR count). The van der Waals surface area contributed by atoms with E-state index in [1.807, 2.05) is 0 Å². The third-order valence-corrected chi connectivity index (χ3v) is 6.17. The van der Waals surface area contributed by atoms with E-state index in [2.05, 4.69) is 22.2 Å². The molecule has 1 aliphatic heterocycles. The summed E-state index contributed by atoms with van der Waals surface area (Å²) in [5, 5.41) is 4.19. The maximum Gasteiger partial charge on any atom is 0.157 e. The molecule has 5 nitrogen and oxygen atoms in total. The lowest BCUT2D eigenvalue weighted by Crippen LogP contribution is -2.24. The van der Waals surface area contributed by atoms with Crippen LogP contribution in [0.5, 0.6) is 0 Å². The van der Waals surface area contributed by atoms with Gasteiger partial charge < -0.3 is 9.47 Å². The fourth-order valence-corrected chi connectivity index (χ4v) is 4.69. The van der Waals surface area contributed by atoms with Crippen LogP contribution in [0.25, 0.3) is 10.4 Å². The molecule has 1 aliphatic carbocycles. The molecule has 1 atom stereocenters. The summed E-state index contributed by atoms with van der Waals surface area (Å²) < 4.78 is 11.4. The van der Waals surface area contributed by atoms with Gasteiger partial charge in [0.05, 0.1) is 12.1 Å². The highest BCUT2D eigenvalue weighted by atomic mass is 32.1. The van der Waals surface area contributed by atoms with Crippen molar-refractivity contribution in [1.82, 2.24) is 0 Å². The van der Waals surface area contributed by atoms with E-state index in [0.29, 0.717) is 6.61 Å². The Bertz CT molecular complexity index is 542. The molecular weight excluding hydrogens is 310 g/mol. The second kappa shape index (κ2) is 8.15. The first-order chi connectivity index (χ1) is 11.3. The highest BCUT2D eigenvalue weighted by Gasteiger charge is 2.34. The maximum absolute atomic E-state index is 8.97. The summed E-state index contributed by atoms with van der Waals surface area (Å²) in [6, 6.07) is 4.31. The van der Waals surface area contributed by atoms with Crippen LogP contribution in [-0.4, -0.2) is 19.5 Å². The second-order valence-electron chi connectivity index (χ2n) is 6.46. The van der Waals surface area contributed by atoms with Gasteiger partial charge in [-0.05, 0) is 49.8 Å². The second-order valence-corrected chi connectivity index (χ2v) is 7.63. The van der Waals surface area contributed by atoms with Crippen molar-refractivity contribution in [2.75, 3.05) is 13.2 Å². The SMILES string of the molecule is [N-]=[N+]=NC1(c2ccc(CCOC3CCCCO3)s2)CCCCC1. The van der Waals surface area contributed by atoms with E-state index in [9.17, 15) is 0 Å². The van der Waals surface area contributed by atoms with Gasteiger partial charge in [-0.2, -0.15) is 0 Å². The quantitative estimate of drug-likeness (QED) is 0.402. The molecule has 0 amide bonds. The molecule has 0 spiro atoms. The van der Waals surface area contributed by atoms with Crippen LogP contribution in [-0.2, 0) is 21.4 Å². The summed E-state index contributed by atoms with van der Waals surface area (Å²) in [5.41, 5.74) is 8.66. The highest BCUT2D eigenvalue weighted by molar-refractivity contribution is 7.12. The van der Waals surface area contributed by atoms with Crippen molar-refractivity contribution in [2.45, 2.75) is 69.6 Å². The molecule has 0 N–H and O–H groups in total. The summed E-state index contributed by atoms with van der Waals surface area (Å²) in [6.07, 6.45) is 9.73. The average molecular weight is 335 g/mol. The van der Waals surface area contributed by atoms with Crippen molar-refractivity contribution in [3.8, 4) is 0 Å². The molecule has 0 radical (unpaired) electrons. The van der Waals surface area contributed by atoms with Gasteiger partial charge in [-0.15, -0.1) is 11.3 Å². The third kappa shape index (κ3) is 4.27. The van der Waals surface area contributed by atoms with Crippen molar-refractivity contribution in [1.29, 1.82) is 0 Å². The van der Waals surface area contributed by atoms with Crippen molar-refractivity contribution < 1.29 is 9.47 Å². The Balaban J connectivity index is 1.57. The first kappa shape index (κ1) is 16.8. The van der Waals surface area contributed by atoms with E-state index in [0.717, 1.165) is 51.6 Å². The fourth-order valence-electron chi connectivity index (χ4n) is 3.51. The van der Waals surface area contributed by atoms with Crippen molar-refractivity contribution >= 4 is 11.3 Å². The predicted octanol–water partition coefficient (Wildman–Crippen LogP) is 5.30. The number of rotatable bonds is 6. The average Bonchev–Trinajstić information content (AvgIpc) is 3.07. The predicted molar refractivity (Wildman–Crippen MR) is 91.5 cm³/mol. The molecule has 2 heterocycles. The number of hydrogen-bond donors (Lipinski definition) is 0. The minimum atomic E-state index is -0.302. The van der Waals surface area contributed by atoms with E-state index in [4.69, 9.17) is 15.0 Å². The van der Waals surface area contributed by atoms with Crippen LogP contribution in [0.1, 0.15) is 61.1 Å². The van der Waals surface area contributed by atoms with Crippen LogP contribution in [0.2, 0.25) is 0 Å². The van der Waals surface area contributed by atoms with Crippen LogP contribution < -0.4 is 0 Å². The first-order valence-electron chi connectivity index (χ1n) is 8.71. The van der Waals surface area contributed by atoms with Gasteiger partial charge in [0.2, 0.25) is 0 Å². The van der Waals surface area contributed by atoms with E-state index in [1.54, 1.807) is 11.3 Å². The van der Waals surface area contributed by atoms with Gasteiger partial charge in [0, 0.05) is 27.7 Å². The number of thiophene rings is 1. The monoisotopic (exact) mass is 335 g/mol. The summed E-state index contributed by atoms with van der Waals surface area (Å²) in [5.74, 6) is 0. The topological polar surface area (TPSA) is 67.2 Å². The van der Waals surface area contributed by atoms with Crippen molar-refractivity contribution in [3.05, 3.63) is 32.3 Å². The van der Waals surface area contributed by atoms with E-state index in [-0.39, 0.29) is 11.8 Å². The van der Waals surface area contributed by atoms with Gasteiger partial charge in [-0.25, -0.2) is 0 Å². The zero-order valence-electron chi connectivity index (χ0n) is 13.6. The minimum Gasteiger partial charge on any atom is -0.353 e. The lowest BCUT2D eigenvalue weighted by atomic mass is 9.81. The highest BCUT2D eigenvalue weighted by Crippen LogP contribution is 2.43. The van der Waals surface area contributed by atoms with Crippen LogP contribution >= 0.6 is 11.3 Å². The molecule has 1 unspecified atom stereocenters. The number of ether oxygens (including phenoxy) is 2. The molecule has 1 aromatic heterocycles. The van der Waals surface area contributed by atoms with Gasteiger partial charge in [0.1, 0.15) is 0 Å². The van der Waals surface area contributed by atoms with Gasteiger partial charge in [-0.3, -0.25) is 0 Å². The van der Waals surface area contributed by atoms with Gasteiger partial charge in [0.25, 0.3) is 0 Å². The molecule has 2 aliphatic rings. The lowest BCUT2D eigenvalue weighted by Gasteiger charge is -2.31. The molecule has 0 bridgehead atoms. The minimum absolute atomic E-state index is 0.0175. The molecule has 2 fully saturated rings. The van der Waals surface area contributed by atoms with E-state index in [1.165, 1.54) is 22.6 Å². The Hall–Kier alpha value is -1.07. The molecular formula is C17H25N3O2S. The van der Waals surface area contributed by atoms with Crippen LogP contribution in [0.4, 0.5) is 0 Å². The van der Waals surface area contributed by atoms with Gasteiger partial charge in [0.15, 0.2) is 6.29 Å². The Kier molecular flexibility index (Phi) is 5.95. The van der Waals surface area contributed by atoms with E-state index >= 15 is 0 Å². The zero-order chi connectivity index (χ0) is 16.0. The fraction of sp³-hybridized carbons (Fsp3) is 0.765. The zero-order valence-corrected chi connectivity index (χ0v) is 14.4. The Morgan fingerprint density at radius 1 is 1.26 bits per heavy atom. The lowest BCUT2D eigenvalue weighted by molar-refractivity contribution is -0.161. The Morgan fingerprint density at radius 3 is 2.87 bits per heavy atom. The van der Waals surface area contributed by atoms with Crippen molar-refractivity contribution in [2.24, 2.45) is 5.11 Å². The maximum atomic E-state index is 8.97. The number of nitrogens with zero attached hydrogens (tertiary/aromatic N) is 3. The van der Waals surface area contributed by atoms with Gasteiger partial charge in [-0.1, -0.05) is 24.4 Å². The summed E-state index contributed by atoms with van der Waals surface area (Å²) in [6.45, 7) is 1.52. The molecule has 0 aromatic carbocycles. The summed E-state index contributed by atoms with van der Waals surface area (Å²) in [7, 11) is 0. The number of hydrogen-bond acceptors (Lipinski definition) is 4. The molecule has 1 aromatic rings. The normalized spacial score (nSPS) is 24.1. The summed E-state index contributed by atoms with van der Waals surface area (Å²) >= 11 is 1.78. The smallest absolute Gasteiger partial charge is 0.157 e. The summed E-state index contributed by atoms with van der Waals surface area (Å²) in [4.78, 5) is 5.65. The largest absolute Gasteiger partial charge is 0.353 e. The van der Waals surface area contributed by atoms with Crippen LogP contribution in [0, 0.1) is 0 Å². The Labute approximate surface area is 141 Å². The molecule has 1 saturated carbocycles.